The lowest BCUT2D eigenvalue weighted by Gasteiger charge is -1.93. The third-order valence-electron chi connectivity index (χ3n) is 1.23. The second-order valence-corrected chi connectivity index (χ2v) is 3.51. The van der Waals surface area contributed by atoms with E-state index < -0.39 is 5.97 Å². The molecule has 4 heteroatoms. The quantitative estimate of drug-likeness (QED) is 0.456. The number of ether oxygens (including phenoxy) is 1. The van der Waals surface area contributed by atoms with Crippen LogP contribution in [0.15, 0.2) is 24.0 Å². The second kappa shape index (κ2) is 9.96. The van der Waals surface area contributed by atoms with E-state index in [0.717, 1.165) is 0 Å². The number of carboxylic acid groups (broad SMARTS) is 1. The molecule has 0 unspecified atom stereocenters. The van der Waals surface area contributed by atoms with Gasteiger partial charge in [-0.25, -0.2) is 0 Å². The molecule has 0 fully saturated rings. The lowest BCUT2D eigenvalue weighted by atomic mass is 10.2. The van der Waals surface area contributed by atoms with Crippen LogP contribution in [-0.2, 0) is 14.3 Å². The zero-order valence-corrected chi connectivity index (χ0v) is 10.4. The molecule has 0 aliphatic rings. The van der Waals surface area contributed by atoms with Gasteiger partial charge in [-0.05, 0) is 27.2 Å². The van der Waals surface area contributed by atoms with Gasteiger partial charge >= 0.3 is 11.9 Å². The second-order valence-electron chi connectivity index (χ2n) is 3.51. The van der Waals surface area contributed by atoms with Crippen LogP contribution in [-0.4, -0.2) is 17.0 Å². The number of carbonyl (C=O) groups excluding carboxylic acids is 1. The molecule has 0 rings (SSSR count). The number of esters is 1. The van der Waals surface area contributed by atoms with Gasteiger partial charge < -0.3 is 9.84 Å². The van der Waals surface area contributed by atoms with E-state index in [0.29, 0.717) is 12.2 Å². The maximum absolute atomic E-state index is 9.97. The van der Waals surface area contributed by atoms with E-state index in [1.807, 2.05) is 19.9 Å². The highest BCUT2D eigenvalue weighted by Crippen LogP contribution is 1.95. The molecule has 0 aliphatic carbocycles. The van der Waals surface area contributed by atoms with Crippen LogP contribution in [0.1, 0.15) is 40.5 Å². The molecular formula is C12H20O4. The maximum atomic E-state index is 9.97. The van der Waals surface area contributed by atoms with Gasteiger partial charge in [0.05, 0.1) is 5.76 Å². The Labute approximate surface area is 96.6 Å². The predicted molar refractivity (Wildman–Crippen MR) is 62.9 cm³/mol. The van der Waals surface area contributed by atoms with Crippen LogP contribution in [0.3, 0.4) is 0 Å². The van der Waals surface area contributed by atoms with Gasteiger partial charge in [-0.1, -0.05) is 18.2 Å². The molecular weight excluding hydrogens is 208 g/mol. The average Bonchev–Trinajstić information content (AvgIpc) is 2.00. The van der Waals surface area contributed by atoms with Crippen LogP contribution in [0, 0.1) is 0 Å². The van der Waals surface area contributed by atoms with E-state index >= 15 is 0 Å². The first-order valence-corrected chi connectivity index (χ1v) is 4.94. The summed E-state index contributed by atoms with van der Waals surface area (Å²) < 4.78 is 4.42. The topological polar surface area (TPSA) is 63.6 Å². The minimum atomic E-state index is -0.729. The first-order valence-electron chi connectivity index (χ1n) is 4.94. The molecule has 16 heavy (non-hydrogen) atoms. The lowest BCUT2D eigenvalue weighted by molar-refractivity contribution is -0.137. The van der Waals surface area contributed by atoms with E-state index in [1.165, 1.54) is 12.5 Å². The highest BCUT2D eigenvalue weighted by atomic mass is 16.5. The summed E-state index contributed by atoms with van der Waals surface area (Å²) in [4.78, 5) is 19.9. The fourth-order valence-electron chi connectivity index (χ4n) is 0.730. The Morgan fingerprint density at radius 2 is 1.75 bits per heavy atom. The van der Waals surface area contributed by atoms with Gasteiger partial charge in [-0.2, -0.15) is 0 Å². The third kappa shape index (κ3) is 22.8. The highest BCUT2D eigenvalue weighted by molar-refractivity contribution is 5.67. The first kappa shape index (κ1) is 16.8. The summed E-state index contributed by atoms with van der Waals surface area (Å²) in [6.45, 7) is 10.2. The van der Waals surface area contributed by atoms with Gasteiger partial charge in [0, 0.05) is 13.3 Å². The van der Waals surface area contributed by atoms with Crippen LogP contribution in [0.2, 0.25) is 0 Å². The van der Waals surface area contributed by atoms with Crippen LogP contribution in [0.5, 0.6) is 0 Å². The van der Waals surface area contributed by atoms with E-state index in [9.17, 15) is 9.59 Å². The number of carboxylic acids is 1. The van der Waals surface area contributed by atoms with Crippen molar-refractivity contribution < 1.29 is 19.4 Å². The highest BCUT2D eigenvalue weighted by Gasteiger charge is 1.91. The van der Waals surface area contributed by atoms with Crippen LogP contribution < -0.4 is 0 Å². The summed E-state index contributed by atoms with van der Waals surface area (Å²) in [7, 11) is 0. The van der Waals surface area contributed by atoms with Crippen molar-refractivity contribution in [2.75, 3.05) is 0 Å². The molecule has 0 bridgehead atoms. The molecule has 0 aliphatic heterocycles. The van der Waals surface area contributed by atoms with Crippen LogP contribution >= 0.6 is 0 Å². The molecule has 0 atom stereocenters. The number of carbonyl (C=O) groups is 2. The fourth-order valence-corrected chi connectivity index (χ4v) is 0.730. The number of hydrogen-bond donors (Lipinski definition) is 1. The lowest BCUT2D eigenvalue weighted by Crippen LogP contribution is -1.93. The third-order valence-corrected chi connectivity index (χ3v) is 1.23. The molecule has 0 saturated carbocycles. The number of allylic oxidation sites excluding steroid dienone is 3. The molecule has 0 saturated heterocycles. The number of rotatable bonds is 4. The molecule has 0 aromatic heterocycles. The summed E-state index contributed by atoms with van der Waals surface area (Å²) in [5.74, 6) is -0.604. The minimum Gasteiger partial charge on any atom is -0.481 e. The molecule has 0 spiro atoms. The van der Waals surface area contributed by atoms with Crippen LogP contribution in [0.25, 0.3) is 0 Å². The molecule has 0 heterocycles. The Balaban J connectivity index is 0. The van der Waals surface area contributed by atoms with Gasteiger partial charge in [0.1, 0.15) is 0 Å². The zero-order valence-electron chi connectivity index (χ0n) is 10.4. The van der Waals surface area contributed by atoms with Gasteiger partial charge in [0.25, 0.3) is 0 Å². The molecule has 1 N–H and O–H groups in total. The van der Waals surface area contributed by atoms with E-state index in [4.69, 9.17) is 5.11 Å². The Morgan fingerprint density at radius 1 is 1.25 bits per heavy atom. The van der Waals surface area contributed by atoms with Gasteiger partial charge in [0.15, 0.2) is 0 Å². The summed E-state index contributed by atoms with van der Waals surface area (Å²) in [6.07, 6.45) is 2.82. The molecule has 92 valence electrons. The Kier molecular flexibility index (Phi) is 10.5. The van der Waals surface area contributed by atoms with Crippen molar-refractivity contribution in [3.63, 3.8) is 0 Å². The van der Waals surface area contributed by atoms with Crippen molar-refractivity contribution in [3.8, 4) is 0 Å². The minimum absolute atomic E-state index is 0.241. The van der Waals surface area contributed by atoms with Crippen molar-refractivity contribution in [1.82, 2.24) is 0 Å². The van der Waals surface area contributed by atoms with Crippen molar-refractivity contribution in [3.05, 3.63) is 24.0 Å². The largest absolute Gasteiger partial charge is 0.481 e. The molecule has 0 amide bonds. The van der Waals surface area contributed by atoms with Crippen LogP contribution in [0.4, 0.5) is 0 Å². The SMILES string of the molecule is C=C(C)OC(C)=O.CC(C)=CCCC(=O)O. The van der Waals surface area contributed by atoms with Gasteiger partial charge in [-0.15, -0.1) is 0 Å². The normalized spacial score (nSPS) is 8.25. The number of aliphatic carboxylic acids is 1. The smallest absolute Gasteiger partial charge is 0.307 e. The fraction of sp³-hybridized carbons (Fsp3) is 0.500. The van der Waals surface area contributed by atoms with Crippen molar-refractivity contribution in [1.29, 1.82) is 0 Å². The molecule has 0 aromatic rings. The van der Waals surface area contributed by atoms with Crippen molar-refractivity contribution in [2.45, 2.75) is 40.5 Å². The molecule has 0 aromatic carbocycles. The Morgan fingerprint density at radius 3 is 1.94 bits per heavy atom. The standard InChI is InChI=1S/C7H12O2.C5H8O2/c1-6(2)4-3-5-7(8)9;1-4(2)7-5(3)6/h4H,3,5H2,1-2H3,(H,8,9);1H2,2-3H3. The van der Waals surface area contributed by atoms with Crippen molar-refractivity contribution >= 4 is 11.9 Å². The summed E-state index contributed by atoms with van der Waals surface area (Å²) in [6, 6.07) is 0. The summed E-state index contributed by atoms with van der Waals surface area (Å²) in [5.41, 5.74) is 1.18. The maximum Gasteiger partial charge on any atom is 0.307 e. The van der Waals surface area contributed by atoms with E-state index in [-0.39, 0.29) is 12.4 Å². The van der Waals surface area contributed by atoms with Gasteiger partial charge in [0.2, 0.25) is 0 Å². The molecule has 0 radical (unpaired) electrons. The van der Waals surface area contributed by atoms with E-state index in [1.54, 1.807) is 6.92 Å². The average molecular weight is 228 g/mol. The van der Waals surface area contributed by atoms with E-state index in [2.05, 4.69) is 11.3 Å². The Hall–Kier alpha value is -1.58. The Bertz CT molecular complexity index is 261. The van der Waals surface area contributed by atoms with Crippen molar-refractivity contribution in [2.24, 2.45) is 0 Å². The van der Waals surface area contributed by atoms with Gasteiger partial charge in [-0.3, -0.25) is 9.59 Å². The first-order chi connectivity index (χ1) is 7.25. The summed E-state index contributed by atoms with van der Waals surface area (Å²) >= 11 is 0. The zero-order chi connectivity index (χ0) is 13.1. The number of hydrogen-bond acceptors (Lipinski definition) is 3. The summed E-state index contributed by atoms with van der Waals surface area (Å²) in [5, 5.41) is 8.20. The molecule has 4 nitrogen and oxygen atoms in total. The monoisotopic (exact) mass is 228 g/mol. The predicted octanol–water partition coefficient (Wildman–Crippen LogP) is 2.90.